The number of carbonyl (C=O) groups is 1. The second-order valence-electron chi connectivity index (χ2n) is 8.08. The van der Waals surface area contributed by atoms with Gasteiger partial charge in [-0.25, -0.2) is 0 Å². The Labute approximate surface area is 170 Å². The van der Waals surface area contributed by atoms with Crippen LogP contribution in [0.5, 0.6) is 0 Å². The summed E-state index contributed by atoms with van der Waals surface area (Å²) >= 11 is 0. The van der Waals surface area contributed by atoms with Crippen LogP contribution in [0.25, 0.3) is 16.8 Å². The van der Waals surface area contributed by atoms with Crippen LogP contribution in [0.3, 0.4) is 0 Å². The first-order valence-electron chi connectivity index (χ1n) is 9.58. The summed E-state index contributed by atoms with van der Waals surface area (Å²) in [6.07, 6.45) is 1.86. The van der Waals surface area contributed by atoms with Gasteiger partial charge in [-0.1, -0.05) is 0 Å². The number of aliphatic hydroxyl groups excluding tert-OH is 1. The van der Waals surface area contributed by atoms with Gasteiger partial charge in [-0.05, 0) is 0 Å². The maximum absolute atomic E-state index is 13.4. The fraction of sp³-hybridized carbons (Fsp3) is 0.318. The number of benzene rings is 2. The van der Waals surface area contributed by atoms with E-state index in [0.717, 1.165) is 22.6 Å². The predicted molar refractivity (Wildman–Crippen MR) is 113 cm³/mol. The van der Waals surface area contributed by atoms with Crippen LogP contribution in [0, 0.1) is 5.82 Å². The van der Waals surface area contributed by atoms with Crippen molar-refractivity contribution in [1.82, 2.24) is 14.8 Å². The number of hydrogen-bond donors (Lipinski definition) is 2. The Morgan fingerprint density at radius 2 is 1.90 bits per heavy atom. The Hall–Kier alpha value is -2.80. The SMILES string of the molecule is CC(C)c1nbcn1-c1cc(C(=O)NC(C)(C)CO)cc(-c2ccc(F)cc2)c1. The van der Waals surface area contributed by atoms with E-state index >= 15 is 0 Å². The topological polar surface area (TPSA) is 67.2 Å². The number of nitrogens with one attached hydrogen (secondary N) is 1. The third-order valence-corrected chi connectivity index (χ3v) is 4.67. The van der Waals surface area contributed by atoms with Gasteiger partial charge < -0.3 is 0 Å². The van der Waals surface area contributed by atoms with Crippen LogP contribution in [0.2, 0.25) is 0 Å². The molecule has 2 N–H and O–H groups in total. The summed E-state index contributed by atoms with van der Waals surface area (Å²) in [4.78, 5) is 17.3. The molecule has 0 aliphatic heterocycles. The first kappa shape index (κ1) is 20.9. The predicted octanol–water partition coefficient (Wildman–Crippen LogP) is 3.64. The zero-order chi connectivity index (χ0) is 21.2. The molecule has 0 fully saturated rings. The van der Waals surface area contributed by atoms with Crippen LogP contribution >= 0.6 is 0 Å². The third-order valence-electron chi connectivity index (χ3n) is 4.67. The van der Waals surface area contributed by atoms with Crippen molar-refractivity contribution in [2.24, 2.45) is 0 Å². The van der Waals surface area contributed by atoms with Crippen molar-refractivity contribution in [3.8, 4) is 16.8 Å². The quantitative estimate of drug-likeness (QED) is 0.672. The molecule has 0 bridgehead atoms. The van der Waals surface area contributed by atoms with Crippen LogP contribution in [-0.4, -0.2) is 39.7 Å². The van der Waals surface area contributed by atoms with Gasteiger partial charge in [-0.3, -0.25) is 0 Å². The Morgan fingerprint density at radius 3 is 2.52 bits per heavy atom. The van der Waals surface area contributed by atoms with E-state index in [2.05, 4.69) is 24.1 Å². The molecule has 0 unspecified atom stereocenters. The average molecular weight is 393 g/mol. The Kier molecular flexibility index (Phi) is 5.98. The summed E-state index contributed by atoms with van der Waals surface area (Å²) in [5, 5.41) is 12.3. The molecule has 3 rings (SSSR count). The molecule has 29 heavy (non-hydrogen) atoms. The molecule has 0 atom stereocenters. The molecule has 1 heterocycles. The van der Waals surface area contributed by atoms with Gasteiger partial charge in [0, 0.05) is 0 Å². The number of nitrogens with zero attached hydrogens (tertiary/aromatic N) is 2. The normalized spacial score (nSPS) is 11.6. The second kappa shape index (κ2) is 8.29. The summed E-state index contributed by atoms with van der Waals surface area (Å²) in [6.45, 7) is 7.44. The molecular formula is C22H25BFN3O2. The molecule has 7 heteroatoms. The molecule has 1 amide bonds. The fourth-order valence-electron chi connectivity index (χ4n) is 3.07. The number of carbonyl (C=O) groups excluding carboxylic acids is 1. The van der Waals surface area contributed by atoms with Gasteiger partial charge >= 0.3 is 170 Å². The van der Waals surface area contributed by atoms with Crippen molar-refractivity contribution in [3.63, 3.8) is 0 Å². The molecule has 0 saturated heterocycles. The summed E-state index contributed by atoms with van der Waals surface area (Å²) in [6, 6.07) is 11.7. The number of aromatic nitrogens is 2. The molecule has 2 aromatic carbocycles. The van der Waals surface area contributed by atoms with Crippen LogP contribution in [0.4, 0.5) is 4.39 Å². The number of amides is 1. The molecule has 0 aliphatic rings. The van der Waals surface area contributed by atoms with Gasteiger partial charge in [0.05, 0.1) is 0 Å². The number of rotatable bonds is 6. The van der Waals surface area contributed by atoms with Crippen molar-refractivity contribution in [1.29, 1.82) is 0 Å². The van der Waals surface area contributed by atoms with E-state index in [1.807, 2.05) is 16.7 Å². The number of aliphatic hydroxyl groups is 1. The zero-order valence-electron chi connectivity index (χ0n) is 17.1. The monoisotopic (exact) mass is 393 g/mol. The Bertz CT molecular complexity index is 1010. The molecule has 1 aromatic heterocycles. The summed E-state index contributed by atoms with van der Waals surface area (Å²) in [5.74, 6) is 0.470. The average Bonchev–Trinajstić information content (AvgIpc) is 3.18. The first-order valence-corrected chi connectivity index (χ1v) is 9.58. The first-order chi connectivity index (χ1) is 13.7. The minimum atomic E-state index is -0.749. The van der Waals surface area contributed by atoms with Crippen LogP contribution in [0.15, 0.2) is 48.6 Å². The molecule has 0 saturated carbocycles. The van der Waals surface area contributed by atoms with E-state index in [-0.39, 0.29) is 24.2 Å². The van der Waals surface area contributed by atoms with Gasteiger partial charge in [0.25, 0.3) is 0 Å². The van der Waals surface area contributed by atoms with Crippen LogP contribution in [0.1, 0.15) is 49.8 Å². The van der Waals surface area contributed by atoms with Crippen molar-refractivity contribution >= 4 is 13.0 Å². The Balaban J connectivity index is 2.13. The molecule has 5 nitrogen and oxygen atoms in total. The molecule has 150 valence electrons. The third kappa shape index (κ3) is 4.79. The van der Waals surface area contributed by atoms with E-state index in [4.69, 9.17) is 0 Å². The fourth-order valence-corrected chi connectivity index (χ4v) is 3.07. The van der Waals surface area contributed by atoms with Crippen molar-refractivity contribution in [3.05, 3.63) is 65.8 Å². The van der Waals surface area contributed by atoms with Crippen molar-refractivity contribution < 1.29 is 14.3 Å². The standard InChI is InChI=1S/C22H25BFN3O2/c1-14(2)20-26-23-13-27(20)19-10-16(15-5-7-18(24)8-6-15)9-17(11-19)21(29)25-22(3,4)12-28/h5-11,13-14,28H,12H2,1-4H3,(H,25,29). The summed E-state index contributed by atoms with van der Waals surface area (Å²) in [7, 11) is 1.73. The van der Waals surface area contributed by atoms with Gasteiger partial charge in [-0.2, -0.15) is 0 Å². The summed E-state index contributed by atoms with van der Waals surface area (Å²) < 4.78 is 15.3. The van der Waals surface area contributed by atoms with Gasteiger partial charge in [0.15, 0.2) is 0 Å². The second-order valence-corrected chi connectivity index (χ2v) is 8.08. The number of hydrogen-bond acceptors (Lipinski definition) is 3. The molecule has 3 aromatic rings. The molecule has 0 radical (unpaired) electrons. The van der Waals surface area contributed by atoms with Crippen molar-refractivity contribution in [2.75, 3.05) is 6.61 Å². The van der Waals surface area contributed by atoms with Crippen LogP contribution in [-0.2, 0) is 0 Å². The summed E-state index contributed by atoms with van der Waals surface area (Å²) in [5.41, 5.74) is 2.08. The van der Waals surface area contributed by atoms with Gasteiger partial charge in [-0.15, -0.1) is 0 Å². The molecular weight excluding hydrogens is 368 g/mol. The molecule has 0 aliphatic carbocycles. The van der Waals surface area contributed by atoms with E-state index in [1.165, 1.54) is 12.1 Å². The van der Waals surface area contributed by atoms with E-state index < -0.39 is 5.54 Å². The van der Waals surface area contributed by atoms with Gasteiger partial charge in [0.2, 0.25) is 0 Å². The van der Waals surface area contributed by atoms with E-state index in [9.17, 15) is 14.3 Å². The minimum absolute atomic E-state index is 0.178. The molecule has 0 spiro atoms. The van der Waals surface area contributed by atoms with E-state index in [1.54, 1.807) is 45.2 Å². The van der Waals surface area contributed by atoms with Gasteiger partial charge in [0.1, 0.15) is 0 Å². The van der Waals surface area contributed by atoms with Crippen LogP contribution < -0.4 is 5.32 Å². The zero-order valence-corrected chi connectivity index (χ0v) is 17.1. The maximum atomic E-state index is 13.4. The van der Waals surface area contributed by atoms with Crippen molar-refractivity contribution in [2.45, 2.75) is 39.2 Å². The Morgan fingerprint density at radius 1 is 1.21 bits per heavy atom. The number of halogens is 1. The van der Waals surface area contributed by atoms with E-state index in [0.29, 0.717) is 5.56 Å².